The van der Waals surface area contributed by atoms with Crippen molar-refractivity contribution in [1.29, 1.82) is 0 Å². The molecule has 0 atom stereocenters. The van der Waals surface area contributed by atoms with Crippen LogP contribution in [0.4, 0.5) is 0 Å². The molecule has 0 bridgehead atoms. The lowest BCUT2D eigenvalue weighted by Crippen LogP contribution is -2.43. The van der Waals surface area contributed by atoms with Gasteiger partial charge in [-0.1, -0.05) is 191 Å². The molecule has 2 aliphatic carbocycles. The molecular formula is C58H43N3O. The number of hydrogen-bond donors (Lipinski definition) is 0. The van der Waals surface area contributed by atoms with Crippen molar-refractivity contribution >= 4 is 0 Å². The molecule has 62 heavy (non-hydrogen) atoms. The number of benzene rings is 8. The largest absolute Gasteiger partial charge is 0.457 e. The SMILES string of the molecule is CC1(C)c2ccccc2-c2ccc(-c3nc(-c4ccccc4)nc(-c4ccc(-c5ccc6c(c5)C5(c7ccccc7O6)c6ccccc6C(C)(C)c6ccccc65)cc4)n3)cc21. The summed E-state index contributed by atoms with van der Waals surface area (Å²) in [7, 11) is 0. The summed E-state index contributed by atoms with van der Waals surface area (Å²) in [6.45, 7) is 9.31. The third kappa shape index (κ3) is 5.16. The second-order valence-electron chi connectivity index (χ2n) is 18.0. The number of aromatic nitrogens is 3. The second-order valence-corrected chi connectivity index (χ2v) is 18.0. The minimum Gasteiger partial charge on any atom is -0.457 e. The molecule has 12 rings (SSSR count). The van der Waals surface area contributed by atoms with E-state index in [1.165, 1.54) is 44.5 Å². The Labute approximate surface area is 362 Å². The van der Waals surface area contributed by atoms with Crippen molar-refractivity contribution in [1.82, 2.24) is 15.0 Å². The van der Waals surface area contributed by atoms with Crippen LogP contribution in [0.5, 0.6) is 11.5 Å². The Bertz CT molecular complexity index is 3220. The molecule has 3 aliphatic rings. The maximum absolute atomic E-state index is 6.78. The van der Waals surface area contributed by atoms with Gasteiger partial charge in [-0.3, -0.25) is 0 Å². The Balaban J connectivity index is 0.982. The van der Waals surface area contributed by atoms with E-state index in [2.05, 4.69) is 198 Å². The van der Waals surface area contributed by atoms with Crippen LogP contribution in [0.2, 0.25) is 0 Å². The van der Waals surface area contributed by atoms with Crippen molar-refractivity contribution in [2.24, 2.45) is 0 Å². The van der Waals surface area contributed by atoms with Crippen molar-refractivity contribution in [3.05, 3.63) is 233 Å². The Morgan fingerprint density at radius 1 is 0.306 bits per heavy atom. The highest BCUT2D eigenvalue weighted by Gasteiger charge is 2.52. The second kappa shape index (κ2) is 13.3. The van der Waals surface area contributed by atoms with Crippen LogP contribution in [0.3, 0.4) is 0 Å². The molecule has 0 saturated carbocycles. The quantitative estimate of drug-likeness (QED) is 0.178. The van der Waals surface area contributed by atoms with Crippen molar-refractivity contribution < 1.29 is 4.74 Å². The monoisotopic (exact) mass is 797 g/mol. The van der Waals surface area contributed by atoms with Gasteiger partial charge in [0.2, 0.25) is 0 Å². The summed E-state index contributed by atoms with van der Waals surface area (Å²) >= 11 is 0. The summed E-state index contributed by atoms with van der Waals surface area (Å²) in [4.78, 5) is 15.4. The first kappa shape index (κ1) is 36.4. The average Bonchev–Trinajstić information content (AvgIpc) is 3.55. The summed E-state index contributed by atoms with van der Waals surface area (Å²) in [6, 6.07) is 67.5. The Morgan fingerprint density at radius 2 is 0.742 bits per heavy atom. The molecule has 9 aromatic rings. The Kier molecular flexibility index (Phi) is 7.80. The van der Waals surface area contributed by atoms with Crippen LogP contribution in [0.15, 0.2) is 188 Å². The van der Waals surface area contributed by atoms with Crippen molar-refractivity contribution in [2.75, 3.05) is 0 Å². The first-order valence-corrected chi connectivity index (χ1v) is 21.5. The molecular weight excluding hydrogens is 755 g/mol. The van der Waals surface area contributed by atoms with Crippen molar-refractivity contribution in [3.8, 4) is 67.9 Å². The number of rotatable bonds is 4. The van der Waals surface area contributed by atoms with Gasteiger partial charge in [0.1, 0.15) is 11.5 Å². The third-order valence-electron chi connectivity index (χ3n) is 13.9. The first-order chi connectivity index (χ1) is 30.2. The third-order valence-corrected chi connectivity index (χ3v) is 13.9. The van der Waals surface area contributed by atoms with E-state index in [-0.39, 0.29) is 10.8 Å². The lowest BCUT2D eigenvalue weighted by Gasteiger charge is -2.50. The molecule has 0 unspecified atom stereocenters. The van der Waals surface area contributed by atoms with Crippen LogP contribution >= 0.6 is 0 Å². The van der Waals surface area contributed by atoms with Gasteiger partial charge in [-0.15, -0.1) is 0 Å². The Morgan fingerprint density at radius 3 is 1.42 bits per heavy atom. The zero-order chi connectivity index (χ0) is 41.8. The predicted molar refractivity (Wildman–Crippen MR) is 250 cm³/mol. The van der Waals surface area contributed by atoms with Gasteiger partial charge in [0, 0.05) is 38.6 Å². The number of para-hydroxylation sites is 1. The molecule has 4 heteroatoms. The molecule has 0 amide bonds. The molecule has 1 spiro atoms. The van der Waals surface area contributed by atoms with Gasteiger partial charge < -0.3 is 4.74 Å². The van der Waals surface area contributed by atoms with E-state index in [1.807, 2.05) is 18.2 Å². The normalized spacial score (nSPS) is 15.3. The van der Waals surface area contributed by atoms with Crippen LogP contribution < -0.4 is 4.74 Å². The highest BCUT2D eigenvalue weighted by molar-refractivity contribution is 5.84. The number of fused-ring (bicyclic) bond motifs is 11. The molecule has 8 aromatic carbocycles. The standard InChI is InChI=1S/C58H43N3O/c1-56(2)43-19-9-8-18-41(43)42-32-30-40(35-49(42)56)55-60-53(37-16-6-5-7-17-37)59-54(61-55)38-28-26-36(27-29-38)39-31-33-52-50(34-39)58(48-24-14-15-25-51(48)62-52)46-22-12-10-20-44(46)57(3,4)45-21-11-13-23-47(45)58/h5-35H,1-4H3. The van der Waals surface area contributed by atoms with E-state index >= 15 is 0 Å². The molecule has 0 fully saturated rings. The number of hydrogen-bond acceptors (Lipinski definition) is 4. The van der Waals surface area contributed by atoms with Gasteiger partial charge in [0.15, 0.2) is 17.5 Å². The summed E-state index contributed by atoms with van der Waals surface area (Å²) < 4.78 is 6.78. The first-order valence-electron chi connectivity index (χ1n) is 21.5. The van der Waals surface area contributed by atoms with Crippen molar-refractivity contribution in [3.63, 3.8) is 0 Å². The van der Waals surface area contributed by atoms with Gasteiger partial charge in [0.05, 0.1) is 5.41 Å². The van der Waals surface area contributed by atoms with Crippen LogP contribution in [0.1, 0.15) is 72.2 Å². The van der Waals surface area contributed by atoms with Gasteiger partial charge in [-0.05, 0) is 79.9 Å². The fraction of sp³-hybridized carbons (Fsp3) is 0.121. The van der Waals surface area contributed by atoms with E-state index in [9.17, 15) is 0 Å². The van der Waals surface area contributed by atoms with E-state index < -0.39 is 5.41 Å². The van der Waals surface area contributed by atoms with Crippen LogP contribution in [-0.2, 0) is 16.2 Å². The van der Waals surface area contributed by atoms with E-state index in [0.717, 1.165) is 50.4 Å². The summed E-state index contributed by atoms with van der Waals surface area (Å²) in [5.74, 6) is 3.70. The minimum absolute atomic E-state index is 0.137. The molecule has 1 aliphatic heterocycles. The molecule has 0 radical (unpaired) electrons. The fourth-order valence-electron chi connectivity index (χ4n) is 10.8. The summed E-state index contributed by atoms with van der Waals surface area (Å²) in [5, 5.41) is 0. The maximum atomic E-state index is 6.78. The fourth-order valence-corrected chi connectivity index (χ4v) is 10.8. The van der Waals surface area contributed by atoms with Crippen molar-refractivity contribution in [2.45, 2.75) is 43.9 Å². The predicted octanol–water partition coefficient (Wildman–Crippen LogP) is 14.0. The molecule has 4 nitrogen and oxygen atoms in total. The van der Waals surface area contributed by atoms with Gasteiger partial charge in [-0.2, -0.15) is 0 Å². The Hall–Kier alpha value is -7.43. The highest BCUT2D eigenvalue weighted by Crippen LogP contribution is 2.61. The van der Waals surface area contributed by atoms with Gasteiger partial charge >= 0.3 is 0 Å². The maximum Gasteiger partial charge on any atom is 0.164 e. The molecule has 0 saturated heterocycles. The van der Waals surface area contributed by atoms with E-state index in [0.29, 0.717) is 17.5 Å². The molecule has 1 aromatic heterocycles. The summed E-state index contributed by atoms with van der Waals surface area (Å²) in [6.07, 6.45) is 0. The highest BCUT2D eigenvalue weighted by atomic mass is 16.5. The zero-order valence-electron chi connectivity index (χ0n) is 35.1. The van der Waals surface area contributed by atoms with Gasteiger partial charge in [0.25, 0.3) is 0 Å². The van der Waals surface area contributed by atoms with E-state index in [4.69, 9.17) is 19.7 Å². The molecule has 2 heterocycles. The van der Waals surface area contributed by atoms with E-state index in [1.54, 1.807) is 0 Å². The smallest absolute Gasteiger partial charge is 0.164 e. The van der Waals surface area contributed by atoms with Gasteiger partial charge in [-0.25, -0.2) is 15.0 Å². The topological polar surface area (TPSA) is 47.9 Å². The zero-order valence-corrected chi connectivity index (χ0v) is 35.1. The number of nitrogens with zero attached hydrogens (tertiary/aromatic N) is 3. The lowest BCUT2D eigenvalue weighted by atomic mass is 9.53. The van der Waals surface area contributed by atoms with Crippen LogP contribution in [0.25, 0.3) is 56.4 Å². The molecule has 0 N–H and O–H groups in total. The summed E-state index contributed by atoms with van der Waals surface area (Å²) in [5.41, 5.74) is 16.9. The average molecular weight is 798 g/mol. The molecule has 296 valence electrons. The van der Waals surface area contributed by atoms with Crippen LogP contribution in [0, 0.1) is 0 Å². The minimum atomic E-state index is -0.576. The van der Waals surface area contributed by atoms with Crippen LogP contribution in [-0.4, -0.2) is 15.0 Å². The lowest BCUT2D eigenvalue weighted by molar-refractivity contribution is 0.425. The number of ether oxygens (including phenoxy) is 1.